The summed E-state index contributed by atoms with van der Waals surface area (Å²) >= 11 is 0. The molecule has 0 unspecified atom stereocenters. The van der Waals surface area contributed by atoms with Gasteiger partial charge in [-0.05, 0) is 18.9 Å². The molecular formula is C18H23FN2O3. The molecule has 6 heteroatoms. The van der Waals surface area contributed by atoms with E-state index in [1.807, 2.05) is 0 Å². The van der Waals surface area contributed by atoms with Gasteiger partial charge >= 0.3 is 0 Å². The second kappa shape index (κ2) is 7.40. The molecule has 1 aromatic carbocycles. The topological polar surface area (TPSA) is 60.9 Å². The fraction of sp³-hybridized carbons (Fsp3) is 0.556. The van der Waals surface area contributed by atoms with E-state index >= 15 is 0 Å². The first-order valence-corrected chi connectivity index (χ1v) is 8.53. The number of hydrogen-bond donors (Lipinski definition) is 1. The van der Waals surface area contributed by atoms with E-state index in [9.17, 15) is 19.1 Å². The Labute approximate surface area is 141 Å². The summed E-state index contributed by atoms with van der Waals surface area (Å²) in [5, 5.41) is 10.3. The minimum atomic E-state index is -0.816. The number of rotatable bonds is 7. The van der Waals surface area contributed by atoms with Crippen LogP contribution >= 0.6 is 0 Å². The summed E-state index contributed by atoms with van der Waals surface area (Å²) in [6.45, 7) is 0.782. The Morgan fingerprint density at radius 2 is 1.88 bits per heavy atom. The largest absolute Gasteiger partial charge is 0.390 e. The van der Waals surface area contributed by atoms with E-state index in [0.717, 1.165) is 24.2 Å². The molecule has 5 nitrogen and oxygen atoms in total. The lowest BCUT2D eigenvalue weighted by Gasteiger charge is -2.39. The van der Waals surface area contributed by atoms with Crippen molar-refractivity contribution < 1.29 is 19.1 Å². The summed E-state index contributed by atoms with van der Waals surface area (Å²) in [7, 11) is 0. The zero-order valence-electron chi connectivity index (χ0n) is 13.7. The predicted octanol–water partition coefficient (Wildman–Crippen LogP) is 1.69. The van der Waals surface area contributed by atoms with Crippen LogP contribution in [-0.2, 0) is 16.1 Å². The highest BCUT2D eigenvalue weighted by Gasteiger charge is 2.32. The summed E-state index contributed by atoms with van der Waals surface area (Å²) in [4.78, 5) is 26.6. The molecule has 1 heterocycles. The number of carbonyl (C=O) groups excluding carboxylic acids is 2. The maximum absolute atomic E-state index is 13.9. The van der Waals surface area contributed by atoms with E-state index in [1.54, 1.807) is 18.2 Å². The first-order valence-electron chi connectivity index (χ1n) is 8.53. The molecule has 0 bridgehead atoms. The minimum Gasteiger partial charge on any atom is -0.390 e. The predicted molar refractivity (Wildman–Crippen MR) is 86.4 cm³/mol. The molecule has 2 aliphatic rings. The third-order valence-corrected chi connectivity index (χ3v) is 4.92. The molecule has 1 aliphatic carbocycles. The van der Waals surface area contributed by atoms with Gasteiger partial charge in [0.25, 0.3) is 0 Å². The zero-order valence-corrected chi connectivity index (χ0v) is 13.7. The third kappa shape index (κ3) is 3.82. The Morgan fingerprint density at radius 3 is 2.46 bits per heavy atom. The van der Waals surface area contributed by atoms with Gasteiger partial charge < -0.3 is 5.11 Å². The summed E-state index contributed by atoms with van der Waals surface area (Å²) in [5.74, 6) is -0.687. The Morgan fingerprint density at radius 1 is 1.21 bits per heavy atom. The first kappa shape index (κ1) is 17.0. The van der Waals surface area contributed by atoms with Gasteiger partial charge in [0, 0.05) is 37.5 Å². The summed E-state index contributed by atoms with van der Waals surface area (Å²) in [6, 6.07) is 6.97. The van der Waals surface area contributed by atoms with Gasteiger partial charge in [-0.15, -0.1) is 0 Å². The monoisotopic (exact) mass is 334 g/mol. The molecule has 3 rings (SSSR count). The molecule has 0 aromatic heterocycles. The van der Waals surface area contributed by atoms with Gasteiger partial charge in [0.15, 0.2) is 0 Å². The third-order valence-electron chi connectivity index (χ3n) is 4.92. The molecule has 1 saturated heterocycles. The molecule has 2 fully saturated rings. The molecule has 1 aromatic rings. The normalized spacial score (nSPS) is 19.9. The quantitative estimate of drug-likeness (QED) is 0.771. The molecule has 1 aliphatic heterocycles. The van der Waals surface area contributed by atoms with Gasteiger partial charge in [-0.3, -0.25) is 19.4 Å². The van der Waals surface area contributed by atoms with E-state index in [1.165, 1.54) is 6.07 Å². The SMILES string of the molecule is O=C1CCC(=O)N1C[C@@H](O)CN(Cc1ccccc1F)C1CCC1. The zero-order chi connectivity index (χ0) is 17.1. The van der Waals surface area contributed by atoms with Crippen molar-refractivity contribution in [1.82, 2.24) is 9.80 Å². The highest BCUT2D eigenvalue weighted by molar-refractivity contribution is 6.01. The van der Waals surface area contributed by atoms with Crippen molar-refractivity contribution >= 4 is 11.8 Å². The van der Waals surface area contributed by atoms with Gasteiger partial charge in [0.2, 0.25) is 11.8 Å². The number of halogens is 1. The summed E-state index contributed by atoms with van der Waals surface area (Å²) in [5.41, 5.74) is 0.602. The van der Waals surface area contributed by atoms with Crippen molar-refractivity contribution in [2.45, 2.75) is 50.8 Å². The van der Waals surface area contributed by atoms with Crippen molar-refractivity contribution in [2.24, 2.45) is 0 Å². The lowest BCUT2D eigenvalue weighted by molar-refractivity contribution is -0.140. The molecular weight excluding hydrogens is 311 g/mol. The van der Waals surface area contributed by atoms with Crippen LogP contribution in [0.1, 0.15) is 37.7 Å². The number of nitrogens with zero attached hydrogens (tertiary/aromatic N) is 2. The maximum atomic E-state index is 13.9. The van der Waals surface area contributed by atoms with Crippen molar-refractivity contribution in [1.29, 1.82) is 0 Å². The maximum Gasteiger partial charge on any atom is 0.229 e. The van der Waals surface area contributed by atoms with Crippen LogP contribution in [0.5, 0.6) is 0 Å². The number of β-amino-alcohol motifs (C(OH)–C–C–N with tert-alkyl or cyclic N) is 1. The van der Waals surface area contributed by atoms with E-state index in [-0.39, 0.29) is 37.0 Å². The minimum absolute atomic E-state index is 0.0260. The van der Waals surface area contributed by atoms with Gasteiger partial charge in [-0.2, -0.15) is 0 Å². The molecule has 0 spiro atoms. The van der Waals surface area contributed by atoms with Crippen LogP contribution < -0.4 is 0 Å². The number of amides is 2. The van der Waals surface area contributed by atoms with Crippen LogP contribution in [0.25, 0.3) is 0 Å². The van der Waals surface area contributed by atoms with E-state index in [4.69, 9.17) is 0 Å². The van der Waals surface area contributed by atoms with E-state index < -0.39 is 6.10 Å². The molecule has 1 N–H and O–H groups in total. The number of imide groups is 1. The van der Waals surface area contributed by atoms with Crippen molar-refractivity contribution in [3.63, 3.8) is 0 Å². The first-order chi connectivity index (χ1) is 11.5. The van der Waals surface area contributed by atoms with Crippen LogP contribution in [0.2, 0.25) is 0 Å². The van der Waals surface area contributed by atoms with Crippen molar-refractivity contribution in [3.05, 3.63) is 35.6 Å². The summed E-state index contributed by atoms with van der Waals surface area (Å²) < 4.78 is 13.9. The number of aliphatic hydroxyl groups is 1. The fourth-order valence-electron chi connectivity index (χ4n) is 3.31. The van der Waals surface area contributed by atoms with Crippen LogP contribution in [0, 0.1) is 5.82 Å². The van der Waals surface area contributed by atoms with Crippen LogP contribution in [0.4, 0.5) is 4.39 Å². The van der Waals surface area contributed by atoms with Crippen LogP contribution in [0.3, 0.4) is 0 Å². The average molecular weight is 334 g/mol. The molecule has 1 saturated carbocycles. The van der Waals surface area contributed by atoms with Gasteiger partial charge in [-0.25, -0.2) is 4.39 Å². The number of benzene rings is 1. The molecule has 0 radical (unpaired) electrons. The van der Waals surface area contributed by atoms with E-state index in [2.05, 4.69) is 4.90 Å². The van der Waals surface area contributed by atoms with Gasteiger partial charge in [0.05, 0.1) is 12.6 Å². The smallest absolute Gasteiger partial charge is 0.229 e. The summed E-state index contributed by atoms with van der Waals surface area (Å²) in [6.07, 6.45) is 2.84. The molecule has 24 heavy (non-hydrogen) atoms. The number of likely N-dealkylation sites (tertiary alicyclic amines) is 1. The Bertz CT molecular complexity index is 602. The van der Waals surface area contributed by atoms with E-state index in [0.29, 0.717) is 24.7 Å². The molecule has 1 atom stereocenters. The van der Waals surface area contributed by atoms with Crippen LogP contribution in [-0.4, -0.2) is 52.0 Å². The highest BCUT2D eigenvalue weighted by Crippen LogP contribution is 2.27. The molecule has 2 amide bonds. The van der Waals surface area contributed by atoms with Crippen molar-refractivity contribution in [2.75, 3.05) is 13.1 Å². The second-order valence-corrected chi connectivity index (χ2v) is 6.66. The standard InChI is InChI=1S/C18H23FN2O3/c19-16-7-2-1-4-13(16)10-20(14-5-3-6-14)11-15(22)12-21-17(23)8-9-18(21)24/h1-2,4,7,14-15,22H,3,5-6,8-12H2/t15-/m0/s1. The number of hydrogen-bond acceptors (Lipinski definition) is 4. The van der Waals surface area contributed by atoms with Gasteiger partial charge in [0.1, 0.15) is 5.82 Å². The average Bonchev–Trinajstić information content (AvgIpc) is 2.79. The lowest BCUT2D eigenvalue weighted by atomic mass is 9.90. The Balaban J connectivity index is 1.62. The Kier molecular flexibility index (Phi) is 5.26. The second-order valence-electron chi connectivity index (χ2n) is 6.66. The fourth-order valence-corrected chi connectivity index (χ4v) is 3.31. The highest BCUT2D eigenvalue weighted by atomic mass is 19.1. The van der Waals surface area contributed by atoms with Gasteiger partial charge in [-0.1, -0.05) is 24.6 Å². The molecule has 130 valence electrons. The van der Waals surface area contributed by atoms with Crippen LogP contribution in [0.15, 0.2) is 24.3 Å². The number of aliphatic hydroxyl groups excluding tert-OH is 1. The van der Waals surface area contributed by atoms with Crippen molar-refractivity contribution in [3.8, 4) is 0 Å². The number of carbonyl (C=O) groups is 2. The Hall–Kier alpha value is -1.79. The lowest BCUT2D eigenvalue weighted by Crippen LogP contribution is -2.47.